The summed E-state index contributed by atoms with van der Waals surface area (Å²) in [5, 5.41) is 9.45. The molecule has 136 valence electrons. The minimum atomic E-state index is 0.0200. The maximum atomic E-state index is 12.6. The van der Waals surface area contributed by atoms with E-state index in [0.29, 0.717) is 23.1 Å². The number of fused-ring (bicyclic) bond motifs is 1. The third-order valence-electron chi connectivity index (χ3n) is 4.52. The van der Waals surface area contributed by atoms with E-state index in [4.69, 9.17) is 9.47 Å². The molecule has 0 bridgehead atoms. The summed E-state index contributed by atoms with van der Waals surface area (Å²) in [5.74, 6) is 2.41. The van der Waals surface area contributed by atoms with Crippen LogP contribution in [0.4, 0.5) is 0 Å². The van der Waals surface area contributed by atoms with Crippen molar-refractivity contribution in [1.82, 2.24) is 19.7 Å². The van der Waals surface area contributed by atoms with Crippen LogP contribution in [0, 0.1) is 0 Å². The molecule has 3 aromatic rings. The smallest absolute Gasteiger partial charge is 0.231 e. The Morgan fingerprint density at radius 3 is 2.89 bits per heavy atom. The zero-order chi connectivity index (χ0) is 18.2. The van der Waals surface area contributed by atoms with E-state index in [1.807, 2.05) is 12.1 Å². The Balaban J connectivity index is 1.35. The molecule has 0 saturated heterocycles. The molecule has 0 spiro atoms. The number of Topliss-reactive ketones (excluding diaryl/α,β-unsaturated/α-hetero) is 1. The van der Waals surface area contributed by atoms with E-state index in [1.54, 1.807) is 30.6 Å². The fraction of sp³-hybridized carbons (Fsp3) is 0.263. The molecule has 1 aromatic carbocycles. The third kappa shape index (κ3) is 3.16. The number of benzene rings is 1. The number of aromatic nitrogens is 4. The molecule has 7 nitrogen and oxygen atoms in total. The van der Waals surface area contributed by atoms with Crippen molar-refractivity contribution in [2.75, 3.05) is 12.5 Å². The molecule has 2 aliphatic rings. The SMILES string of the molecule is O=C(CSc1nnc(-c2cccnc2)n1C1CC1)c1ccc2c(c1)OCO2. The highest BCUT2D eigenvalue weighted by molar-refractivity contribution is 7.99. The number of carbonyl (C=O) groups is 1. The van der Waals surface area contributed by atoms with E-state index in [0.717, 1.165) is 29.4 Å². The Hall–Kier alpha value is -2.87. The summed E-state index contributed by atoms with van der Waals surface area (Å²) >= 11 is 1.41. The highest BCUT2D eigenvalue weighted by Crippen LogP contribution is 2.41. The van der Waals surface area contributed by atoms with Gasteiger partial charge in [-0.1, -0.05) is 11.8 Å². The second-order valence-corrected chi connectivity index (χ2v) is 7.37. The highest BCUT2D eigenvalue weighted by atomic mass is 32.2. The summed E-state index contributed by atoms with van der Waals surface area (Å²) < 4.78 is 12.8. The predicted molar refractivity (Wildman–Crippen MR) is 99.1 cm³/mol. The number of hydrogen-bond donors (Lipinski definition) is 0. The lowest BCUT2D eigenvalue weighted by molar-refractivity contribution is 0.102. The molecule has 0 N–H and O–H groups in total. The number of ether oxygens (including phenoxy) is 2. The van der Waals surface area contributed by atoms with Crippen LogP contribution in [0.2, 0.25) is 0 Å². The van der Waals surface area contributed by atoms with Crippen molar-refractivity contribution in [3.8, 4) is 22.9 Å². The molecule has 1 aliphatic carbocycles. The lowest BCUT2D eigenvalue weighted by Crippen LogP contribution is -2.05. The minimum Gasteiger partial charge on any atom is -0.454 e. The zero-order valence-corrected chi connectivity index (χ0v) is 15.2. The van der Waals surface area contributed by atoms with Gasteiger partial charge in [-0.2, -0.15) is 0 Å². The van der Waals surface area contributed by atoms with Crippen LogP contribution >= 0.6 is 11.8 Å². The van der Waals surface area contributed by atoms with Crippen LogP contribution in [-0.4, -0.2) is 38.1 Å². The Kier molecular flexibility index (Phi) is 4.05. The lowest BCUT2D eigenvalue weighted by Gasteiger charge is -2.08. The van der Waals surface area contributed by atoms with Gasteiger partial charge in [-0.05, 0) is 43.2 Å². The second-order valence-electron chi connectivity index (χ2n) is 6.43. The Morgan fingerprint density at radius 2 is 2.07 bits per heavy atom. The third-order valence-corrected chi connectivity index (χ3v) is 5.47. The standard InChI is InChI=1S/C19H16N4O3S/c24-15(12-3-6-16-17(8-12)26-11-25-16)10-27-19-22-21-18(23(19)14-4-5-14)13-2-1-7-20-9-13/h1-3,6-9,14H,4-5,10-11H2. The summed E-state index contributed by atoms with van der Waals surface area (Å²) in [6.45, 7) is 0.198. The van der Waals surface area contributed by atoms with Crippen molar-refractivity contribution in [3.05, 3.63) is 48.3 Å². The number of carbonyl (C=O) groups excluding carboxylic acids is 1. The van der Waals surface area contributed by atoms with Gasteiger partial charge in [0.05, 0.1) is 5.75 Å². The van der Waals surface area contributed by atoms with Crippen LogP contribution in [0.15, 0.2) is 47.9 Å². The number of pyridine rings is 1. The molecule has 1 aliphatic heterocycles. The first kappa shape index (κ1) is 16.3. The monoisotopic (exact) mass is 380 g/mol. The van der Waals surface area contributed by atoms with Gasteiger partial charge in [0.1, 0.15) is 0 Å². The first-order valence-corrected chi connectivity index (χ1v) is 9.69. The first-order chi connectivity index (χ1) is 13.3. The van der Waals surface area contributed by atoms with Gasteiger partial charge in [0, 0.05) is 29.6 Å². The second kappa shape index (κ2) is 6.70. The average molecular weight is 380 g/mol. The van der Waals surface area contributed by atoms with Gasteiger partial charge < -0.3 is 9.47 Å². The van der Waals surface area contributed by atoms with E-state index in [1.165, 1.54) is 11.8 Å². The van der Waals surface area contributed by atoms with Crippen molar-refractivity contribution in [3.63, 3.8) is 0 Å². The van der Waals surface area contributed by atoms with Gasteiger partial charge >= 0.3 is 0 Å². The predicted octanol–water partition coefficient (Wildman–Crippen LogP) is 3.38. The van der Waals surface area contributed by atoms with Gasteiger partial charge in [0.15, 0.2) is 28.3 Å². The molecule has 5 rings (SSSR count). The fourth-order valence-corrected chi connectivity index (χ4v) is 3.91. The van der Waals surface area contributed by atoms with Crippen molar-refractivity contribution in [2.24, 2.45) is 0 Å². The van der Waals surface area contributed by atoms with Gasteiger partial charge in [-0.3, -0.25) is 14.3 Å². The molecular formula is C19H16N4O3S. The number of thioether (sulfide) groups is 1. The van der Waals surface area contributed by atoms with Crippen LogP contribution < -0.4 is 9.47 Å². The van der Waals surface area contributed by atoms with Crippen LogP contribution in [0.1, 0.15) is 29.2 Å². The summed E-state index contributed by atoms with van der Waals surface area (Å²) in [4.78, 5) is 16.8. The summed E-state index contributed by atoms with van der Waals surface area (Å²) in [6, 6.07) is 9.53. The quantitative estimate of drug-likeness (QED) is 0.479. The van der Waals surface area contributed by atoms with Crippen LogP contribution in [0.25, 0.3) is 11.4 Å². The minimum absolute atomic E-state index is 0.0200. The van der Waals surface area contributed by atoms with Gasteiger partial charge in [0.25, 0.3) is 0 Å². The Bertz CT molecular complexity index is 1000. The topological polar surface area (TPSA) is 79.1 Å². The Morgan fingerprint density at radius 1 is 1.19 bits per heavy atom. The van der Waals surface area contributed by atoms with Gasteiger partial charge in [-0.25, -0.2) is 0 Å². The molecule has 1 saturated carbocycles. The van der Waals surface area contributed by atoms with Crippen molar-refractivity contribution < 1.29 is 14.3 Å². The number of ketones is 1. The number of hydrogen-bond acceptors (Lipinski definition) is 7. The molecule has 0 amide bonds. The summed E-state index contributed by atoms with van der Waals surface area (Å²) in [7, 11) is 0. The van der Waals surface area contributed by atoms with Crippen molar-refractivity contribution in [1.29, 1.82) is 0 Å². The molecule has 2 aromatic heterocycles. The van der Waals surface area contributed by atoms with E-state index >= 15 is 0 Å². The summed E-state index contributed by atoms with van der Waals surface area (Å²) in [5.41, 5.74) is 1.54. The van der Waals surface area contributed by atoms with Crippen molar-refractivity contribution in [2.45, 2.75) is 24.0 Å². The Labute approximate surface area is 159 Å². The molecule has 8 heteroatoms. The molecule has 3 heterocycles. The van der Waals surface area contributed by atoms with Crippen LogP contribution in [0.5, 0.6) is 11.5 Å². The fourth-order valence-electron chi connectivity index (χ4n) is 3.01. The normalized spacial score (nSPS) is 15.1. The van der Waals surface area contributed by atoms with E-state index in [-0.39, 0.29) is 18.3 Å². The summed E-state index contributed by atoms with van der Waals surface area (Å²) in [6.07, 6.45) is 5.74. The largest absolute Gasteiger partial charge is 0.454 e. The van der Waals surface area contributed by atoms with Gasteiger partial charge in [-0.15, -0.1) is 10.2 Å². The molecule has 27 heavy (non-hydrogen) atoms. The molecule has 0 unspecified atom stereocenters. The number of nitrogens with zero attached hydrogens (tertiary/aromatic N) is 4. The van der Waals surface area contributed by atoms with Crippen LogP contribution in [-0.2, 0) is 0 Å². The zero-order valence-electron chi connectivity index (χ0n) is 14.4. The maximum Gasteiger partial charge on any atom is 0.231 e. The molecular weight excluding hydrogens is 364 g/mol. The van der Waals surface area contributed by atoms with E-state index < -0.39 is 0 Å². The lowest BCUT2D eigenvalue weighted by atomic mass is 10.1. The number of rotatable bonds is 6. The molecule has 0 atom stereocenters. The average Bonchev–Trinajstić information content (AvgIpc) is 3.28. The molecule has 1 fully saturated rings. The van der Waals surface area contributed by atoms with Crippen molar-refractivity contribution >= 4 is 17.5 Å². The molecule has 0 radical (unpaired) electrons. The highest BCUT2D eigenvalue weighted by Gasteiger charge is 2.30. The van der Waals surface area contributed by atoms with Gasteiger partial charge in [0.2, 0.25) is 6.79 Å². The van der Waals surface area contributed by atoms with E-state index in [2.05, 4.69) is 19.7 Å². The first-order valence-electron chi connectivity index (χ1n) is 8.70. The van der Waals surface area contributed by atoms with Crippen LogP contribution in [0.3, 0.4) is 0 Å². The maximum absolute atomic E-state index is 12.6. The van der Waals surface area contributed by atoms with E-state index in [9.17, 15) is 4.79 Å².